The Labute approximate surface area is 71.0 Å². The van der Waals surface area contributed by atoms with Crippen molar-refractivity contribution in [1.82, 2.24) is 9.78 Å². The second-order valence-electron chi connectivity index (χ2n) is 2.79. The van der Waals surface area contributed by atoms with Gasteiger partial charge in [0.1, 0.15) is 0 Å². The summed E-state index contributed by atoms with van der Waals surface area (Å²) in [5, 5.41) is 8.60. The highest BCUT2D eigenvalue weighted by atomic mass is 15.2. The van der Waals surface area contributed by atoms with Gasteiger partial charge < -0.3 is 5.32 Å². The molecule has 0 bridgehead atoms. The molecular weight excluding hydrogens is 150 g/mol. The molecule has 3 heteroatoms. The highest BCUT2D eigenvalue weighted by molar-refractivity contribution is 5.90. The molecule has 0 aliphatic heterocycles. The molecule has 0 aliphatic rings. The molecule has 0 amide bonds. The molecule has 1 aromatic carbocycles. The van der Waals surface area contributed by atoms with E-state index in [2.05, 4.69) is 10.4 Å². The first kappa shape index (κ1) is 7.16. The van der Waals surface area contributed by atoms with E-state index in [0.717, 1.165) is 11.2 Å². The van der Waals surface area contributed by atoms with Crippen molar-refractivity contribution in [3.05, 3.63) is 24.4 Å². The fraction of sp³-hybridized carbons (Fsp3) is 0.222. The number of benzene rings is 1. The molecule has 0 saturated heterocycles. The summed E-state index contributed by atoms with van der Waals surface area (Å²) >= 11 is 0. The second-order valence-corrected chi connectivity index (χ2v) is 2.79. The molecule has 0 saturated carbocycles. The molecule has 62 valence electrons. The summed E-state index contributed by atoms with van der Waals surface area (Å²) in [4.78, 5) is 0. The molecule has 1 N–H and O–H groups in total. The highest BCUT2D eigenvalue weighted by Gasteiger charge is 2.00. The van der Waals surface area contributed by atoms with E-state index in [0.29, 0.717) is 0 Å². The zero-order chi connectivity index (χ0) is 8.55. The number of nitrogens with zero attached hydrogens (tertiary/aromatic N) is 2. The van der Waals surface area contributed by atoms with E-state index in [1.54, 1.807) is 0 Å². The molecule has 2 rings (SSSR count). The lowest BCUT2D eigenvalue weighted by atomic mass is 10.2. The van der Waals surface area contributed by atoms with E-state index in [9.17, 15) is 0 Å². The van der Waals surface area contributed by atoms with Gasteiger partial charge in [0.2, 0.25) is 0 Å². The van der Waals surface area contributed by atoms with Gasteiger partial charge in [-0.1, -0.05) is 6.07 Å². The van der Waals surface area contributed by atoms with Crippen LogP contribution in [0.2, 0.25) is 0 Å². The molecule has 3 nitrogen and oxygen atoms in total. The summed E-state index contributed by atoms with van der Waals surface area (Å²) in [5.41, 5.74) is 2.16. The van der Waals surface area contributed by atoms with Crippen molar-refractivity contribution in [3.63, 3.8) is 0 Å². The molecule has 0 atom stereocenters. The Balaban J connectivity index is 2.78. The molecule has 0 aliphatic carbocycles. The van der Waals surface area contributed by atoms with Crippen molar-refractivity contribution in [2.45, 2.75) is 0 Å². The van der Waals surface area contributed by atoms with Crippen molar-refractivity contribution in [1.29, 1.82) is 0 Å². The average molecular weight is 161 g/mol. The van der Waals surface area contributed by atoms with Crippen molar-refractivity contribution in [2.75, 3.05) is 12.4 Å². The SMILES string of the molecule is CNc1cccc2nn(C)cc12. The van der Waals surface area contributed by atoms with E-state index in [-0.39, 0.29) is 0 Å². The Bertz CT molecular complexity index is 403. The maximum absolute atomic E-state index is 4.30. The van der Waals surface area contributed by atoms with Gasteiger partial charge in [0.05, 0.1) is 5.52 Å². The van der Waals surface area contributed by atoms with E-state index in [1.807, 2.05) is 43.2 Å². The number of aryl methyl sites for hydroxylation is 1. The van der Waals surface area contributed by atoms with Crippen LogP contribution in [0.1, 0.15) is 0 Å². The minimum absolute atomic E-state index is 1.03. The smallest absolute Gasteiger partial charge is 0.0944 e. The van der Waals surface area contributed by atoms with Crippen molar-refractivity contribution in [3.8, 4) is 0 Å². The minimum Gasteiger partial charge on any atom is -0.388 e. The predicted molar refractivity (Wildman–Crippen MR) is 50.3 cm³/mol. The predicted octanol–water partition coefficient (Wildman–Crippen LogP) is 1.61. The molecule has 2 aromatic rings. The molecule has 0 spiro atoms. The molecular formula is C9H11N3. The van der Waals surface area contributed by atoms with Crippen LogP contribution >= 0.6 is 0 Å². The van der Waals surface area contributed by atoms with Gasteiger partial charge in [-0.3, -0.25) is 4.68 Å². The lowest BCUT2D eigenvalue weighted by Crippen LogP contribution is -1.86. The number of anilines is 1. The second kappa shape index (κ2) is 2.52. The Morgan fingerprint density at radius 2 is 2.25 bits per heavy atom. The van der Waals surface area contributed by atoms with Crippen LogP contribution in [-0.4, -0.2) is 16.8 Å². The summed E-state index contributed by atoms with van der Waals surface area (Å²) < 4.78 is 1.82. The first-order chi connectivity index (χ1) is 5.81. The number of fused-ring (bicyclic) bond motifs is 1. The Kier molecular flexibility index (Phi) is 1.50. The molecule has 12 heavy (non-hydrogen) atoms. The van der Waals surface area contributed by atoms with Gasteiger partial charge in [-0.25, -0.2) is 0 Å². The largest absolute Gasteiger partial charge is 0.388 e. The van der Waals surface area contributed by atoms with Crippen LogP contribution in [0.25, 0.3) is 10.9 Å². The van der Waals surface area contributed by atoms with Crippen LogP contribution in [0.5, 0.6) is 0 Å². The normalized spacial score (nSPS) is 10.5. The summed E-state index contributed by atoms with van der Waals surface area (Å²) in [7, 11) is 3.85. The molecule has 0 fully saturated rings. The van der Waals surface area contributed by atoms with Crippen LogP contribution in [0.4, 0.5) is 5.69 Å². The highest BCUT2D eigenvalue weighted by Crippen LogP contribution is 2.20. The number of nitrogens with one attached hydrogen (secondary N) is 1. The summed E-state index contributed by atoms with van der Waals surface area (Å²) in [6.45, 7) is 0. The monoisotopic (exact) mass is 161 g/mol. The first-order valence-electron chi connectivity index (χ1n) is 3.91. The fourth-order valence-electron chi connectivity index (χ4n) is 1.38. The maximum atomic E-state index is 4.30. The van der Waals surface area contributed by atoms with Crippen molar-refractivity contribution < 1.29 is 0 Å². The third-order valence-corrected chi connectivity index (χ3v) is 1.93. The maximum Gasteiger partial charge on any atom is 0.0944 e. The van der Waals surface area contributed by atoms with Crippen LogP contribution in [-0.2, 0) is 7.05 Å². The standard InChI is InChI=1S/C9H11N3/c1-10-8-4-3-5-9-7(8)6-12(2)11-9/h3-6,10H,1-2H3. The molecule has 0 radical (unpaired) electrons. The van der Waals surface area contributed by atoms with E-state index in [1.165, 1.54) is 5.39 Å². The summed E-state index contributed by atoms with van der Waals surface area (Å²) in [6, 6.07) is 6.06. The zero-order valence-corrected chi connectivity index (χ0v) is 7.20. The van der Waals surface area contributed by atoms with E-state index >= 15 is 0 Å². The van der Waals surface area contributed by atoms with Gasteiger partial charge in [-0.2, -0.15) is 5.10 Å². The van der Waals surface area contributed by atoms with E-state index < -0.39 is 0 Å². The van der Waals surface area contributed by atoms with Gasteiger partial charge >= 0.3 is 0 Å². The first-order valence-corrected chi connectivity index (χ1v) is 3.91. The number of aromatic nitrogens is 2. The van der Waals surface area contributed by atoms with Gasteiger partial charge in [-0.15, -0.1) is 0 Å². The van der Waals surface area contributed by atoms with Gasteiger partial charge in [0, 0.05) is 31.4 Å². The number of rotatable bonds is 1. The lowest BCUT2D eigenvalue weighted by Gasteiger charge is -1.98. The fourth-order valence-corrected chi connectivity index (χ4v) is 1.38. The Hall–Kier alpha value is -1.51. The van der Waals surface area contributed by atoms with Crippen LogP contribution < -0.4 is 5.32 Å². The Morgan fingerprint density at radius 1 is 1.42 bits per heavy atom. The van der Waals surface area contributed by atoms with Crippen LogP contribution in [0, 0.1) is 0 Å². The average Bonchev–Trinajstić information content (AvgIpc) is 2.44. The van der Waals surface area contributed by atoms with Gasteiger partial charge in [0.15, 0.2) is 0 Å². The van der Waals surface area contributed by atoms with Crippen molar-refractivity contribution >= 4 is 16.6 Å². The minimum atomic E-state index is 1.03. The van der Waals surface area contributed by atoms with Gasteiger partial charge in [-0.05, 0) is 12.1 Å². The third-order valence-electron chi connectivity index (χ3n) is 1.93. The van der Waals surface area contributed by atoms with Crippen LogP contribution in [0.15, 0.2) is 24.4 Å². The topological polar surface area (TPSA) is 29.9 Å². The van der Waals surface area contributed by atoms with E-state index in [4.69, 9.17) is 0 Å². The van der Waals surface area contributed by atoms with Crippen molar-refractivity contribution in [2.24, 2.45) is 7.05 Å². The van der Waals surface area contributed by atoms with Crippen LogP contribution in [0.3, 0.4) is 0 Å². The molecule has 1 aromatic heterocycles. The summed E-state index contributed by atoms with van der Waals surface area (Å²) in [5.74, 6) is 0. The summed E-state index contributed by atoms with van der Waals surface area (Å²) in [6.07, 6.45) is 2.02. The quantitative estimate of drug-likeness (QED) is 0.688. The molecule has 0 unspecified atom stereocenters. The molecule has 1 heterocycles. The number of hydrogen-bond acceptors (Lipinski definition) is 2. The zero-order valence-electron chi connectivity index (χ0n) is 7.20. The van der Waals surface area contributed by atoms with Gasteiger partial charge in [0.25, 0.3) is 0 Å². The third kappa shape index (κ3) is 0.942. The Morgan fingerprint density at radius 3 is 3.00 bits per heavy atom. The number of hydrogen-bond donors (Lipinski definition) is 1. The lowest BCUT2D eigenvalue weighted by molar-refractivity contribution is 0.780.